The van der Waals surface area contributed by atoms with Crippen LogP contribution in [0.4, 0.5) is 5.69 Å². The molecule has 0 fully saturated rings. The monoisotopic (exact) mass is 402 g/mol. The predicted molar refractivity (Wildman–Crippen MR) is 115 cm³/mol. The van der Waals surface area contributed by atoms with Crippen LogP contribution >= 0.6 is 0 Å². The van der Waals surface area contributed by atoms with Crippen molar-refractivity contribution in [2.45, 2.75) is 6.92 Å². The van der Waals surface area contributed by atoms with E-state index in [1.807, 2.05) is 30.3 Å². The highest BCUT2D eigenvalue weighted by Crippen LogP contribution is 2.18. The number of nitrogens with zero attached hydrogens (tertiary/aromatic N) is 2. The van der Waals surface area contributed by atoms with Crippen molar-refractivity contribution in [2.75, 3.05) is 18.5 Å². The van der Waals surface area contributed by atoms with E-state index in [0.717, 1.165) is 11.3 Å². The molecule has 2 N–H and O–H groups in total. The first-order valence-corrected chi connectivity index (χ1v) is 9.37. The third kappa shape index (κ3) is 5.72. The van der Waals surface area contributed by atoms with E-state index in [2.05, 4.69) is 27.6 Å². The maximum Gasteiger partial charge on any atom is 0.270 e. The van der Waals surface area contributed by atoms with Gasteiger partial charge in [-0.05, 0) is 18.2 Å². The highest BCUT2D eigenvalue weighted by molar-refractivity contribution is 5.93. The molecule has 0 aliphatic rings. The third-order valence-corrected chi connectivity index (χ3v) is 4.11. The molecule has 7 heteroatoms. The van der Waals surface area contributed by atoms with Gasteiger partial charge in [0.15, 0.2) is 0 Å². The minimum Gasteiger partial charge on any atom is -0.481 e. The second-order valence-corrected chi connectivity index (χ2v) is 6.44. The maximum atomic E-state index is 12.4. The number of rotatable bonds is 6. The van der Waals surface area contributed by atoms with Gasteiger partial charge in [0.25, 0.3) is 5.91 Å². The third-order valence-electron chi connectivity index (χ3n) is 4.11. The molecule has 0 saturated heterocycles. The van der Waals surface area contributed by atoms with Gasteiger partial charge in [-0.25, -0.2) is 0 Å². The Morgan fingerprint density at radius 3 is 2.63 bits per heavy atom. The molecule has 7 nitrogen and oxygen atoms in total. The number of ether oxygens (including phenoxy) is 1. The van der Waals surface area contributed by atoms with Crippen LogP contribution in [0.15, 0.2) is 60.7 Å². The predicted octanol–water partition coefficient (Wildman–Crippen LogP) is 2.86. The fourth-order valence-electron chi connectivity index (χ4n) is 2.74. The summed E-state index contributed by atoms with van der Waals surface area (Å²) in [5.41, 5.74) is 2.81. The summed E-state index contributed by atoms with van der Waals surface area (Å²) in [6, 6.07) is 18.5. The molecule has 0 spiro atoms. The van der Waals surface area contributed by atoms with Crippen molar-refractivity contribution in [3.05, 3.63) is 66.4 Å². The molecule has 3 aromatic rings. The van der Waals surface area contributed by atoms with Crippen molar-refractivity contribution in [3.63, 3.8) is 0 Å². The van der Waals surface area contributed by atoms with Crippen LogP contribution in [0.2, 0.25) is 0 Å². The van der Waals surface area contributed by atoms with Gasteiger partial charge in [-0.15, -0.1) is 0 Å². The summed E-state index contributed by atoms with van der Waals surface area (Å²) in [7, 11) is 1.73. The molecule has 2 aromatic carbocycles. The lowest BCUT2D eigenvalue weighted by Gasteiger charge is -2.05. The van der Waals surface area contributed by atoms with E-state index < -0.39 is 0 Å². The molecule has 0 bridgehead atoms. The van der Waals surface area contributed by atoms with Crippen LogP contribution < -0.4 is 15.4 Å². The zero-order chi connectivity index (χ0) is 21.3. The van der Waals surface area contributed by atoms with E-state index in [1.165, 1.54) is 6.92 Å². The summed E-state index contributed by atoms with van der Waals surface area (Å²) < 4.78 is 7.09. The summed E-state index contributed by atoms with van der Waals surface area (Å²) >= 11 is 0. The molecule has 0 aliphatic carbocycles. The number of carbonyl (C=O) groups excluding carboxylic acids is 2. The molecule has 0 unspecified atom stereocenters. The second kappa shape index (κ2) is 9.94. The average molecular weight is 402 g/mol. The van der Waals surface area contributed by atoms with E-state index in [9.17, 15) is 9.59 Å². The SMILES string of the molecule is CC(=O)Nc1cccc(OCC#CCNC(=O)c2cc(-c3ccccc3)nn2C)c1. The van der Waals surface area contributed by atoms with Gasteiger partial charge in [0.1, 0.15) is 18.1 Å². The quantitative estimate of drug-likeness (QED) is 0.621. The van der Waals surface area contributed by atoms with E-state index in [4.69, 9.17) is 4.74 Å². The lowest BCUT2D eigenvalue weighted by atomic mass is 10.1. The van der Waals surface area contributed by atoms with Crippen LogP contribution in [0.5, 0.6) is 5.75 Å². The van der Waals surface area contributed by atoms with Gasteiger partial charge >= 0.3 is 0 Å². The van der Waals surface area contributed by atoms with E-state index in [1.54, 1.807) is 42.1 Å². The van der Waals surface area contributed by atoms with Crippen LogP contribution in [0.3, 0.4) is 0 Å². The number of aryl methyl sites for hydroxylation is 1. The smallest absolute Gasteiger partial charge is 0.270 e. The van der Waals surface area contributed by atoms with Crippen LogP contribution in [0.1, 0.15) is 17.4 Å². The number of aromatic nitrogens is 2. The molecule has 3 rings (SSSR count). The second-order valence-electron chi connectivity index (χ2n) is 6.44. The van der Waals surface area contributed by atoms with Crippen molar-refractivity contribution in [1.82, 2.24) is 15.1 Å². The average Bonchev–Trinajstić information content (AvgIpc) is 3.13. The zero-order valence-electron chi connectivity index (χ0n) is 16.8. The first-order valence-electron chi connectivity index (χ1n) is 9.37. The molecular weight excluding hydrogens is 380 g/mol. The number of anilines is 1. The van der Waals surface area contributed by atoms with Crippen molar-refractivity contribution < 1.29 is 14.3 Å². The molecule has 30 heavy (non-hydrogen) atoms. The van der Waals surface area contributed by atoms with Crippen molar-refractivity contribution in [1.29, 1.82) is 0 Å². The molecule has 1 aromatic heterocycles. The molecule has 0 saturated carbocycles. The molecule has 152 valence electrons. The van der Waals surface area contributed by atoms with Gasteiger partial charge in [0.2, 0.25) is 5.91 Å². The van der Waals surface area contributed by atoms with Gasteiger partial charge in [-0.1, -0.05) is 48.2 Å². The Morgan fingerprint density at radius 1 is 1.07 bits per heavy atom. The van der Waals surface area contributed by atoms with Gasteiger partial charge in [-0.2, -0.15) is 5.10 Å². The summed E-state index contributed by atoms with van der Waals surface area (Å²) in [6.45, 7) is 1.81. The van der Waals surface area contributed by atoms with Gasteiger partial charge < -0.3 is 15.4 Å². The first-order chi connectivity index (χ1) is 14.5. The van der Waals surface area contributed by atoms with Gasteiger partial charge in [-0.3, -0.25) is 14.3 Å². The summed E-state index contributed by atoms with van der Waals surface area (Å²) in [4.78, 5) is 23.5. The Labute approximate surface area is 175 Å². The Hall–Kier alpha value is -4.05. The van der Waals surface area contributed by atoms with E-state index >= 15 is 0 Å². The van der Waals surface area contributed by atoms with E-state index in [0.29, 0.717) is 17.1 Å². The van der Waals surface area contributed by atoms with Crippen molar-refractivity contribution >= 4 is 17.5 Å². The summed E-state index contributed by atoms with van der Waals surface area (Å²) in [6.07, 6.45) is 0. The number of benzene rings is 2. The minimum absolute atomic E-state index is 0.146. The number of amides is 2. The van der Waals surface area contributed by atoms with Gasteiger partial charge in [0.05, 0.1) is 12.2 Å². The Bertz CT molecular complexity index is 1090. The Balaban J connectivity index is 1.48. The zero-order valence-corrected chi connectivity index (χ0v) is 16.8. The lowest BCUT2D eigenvalue weighted by Crippen LogP contribution is -2.25. The normalized spacial score (nSPS) is 9.93. The topological polar surface area (TPSA) is 85.2 Å². The van der Waals surface area contributed by atoms with E-state index in [-0.39, 0.29) is 25.0 Å². The van der Waals surface area contributed by atoms with Crippen LogP contribution in [-0.2, 0) is 11.8 Å². The van der Waals surface area contributed by atoms with Crippen LogP contribution in [0, 0.1) is 11.8 Å². The Kier molecular flexibility index (Phi) is 6.85. The largest absolute Gasteiger partial charge is 0.481 e. The molecule has 1 heterocycles. The Morgan fingerprint density at radius 2 is 1.87 bits per heavy atom. The number of carbonyl (C=O) groups is 2. The fourth-order valence-corrected chi connectivity index (χ4v) is 2.74. The highest BCUT2D eigenvalue weighted by Gasteiger charge is 2.13. The van der Waals surface area contributed by atoms with Crippen LogP contribution in [-0.4, -0.2) is 34.7 Å². The highest BCUT2D eigenvalue weighted by atomic mass is 16.5. The lowest BCUT2D eigenvalue weighted by molar-refractivity contribution is -0.114. The molecule has 0 radical (unpaired) electrons. The maximum absolute atomic E-state index is 12.4. The van der Waals surface area contributed by atoms with Crippen LogP contribution in [0.25, 0.3) is 11.3 Å². The molecular formula is C23H22N4O3. The molecule has 2 amide bonds. The summed E-state index contributed by atoms with van der Waals surface area (Å²) in [5, 5.41) is 9.84. The number of nitrogens with one attached hydrogen (secondary N) is 2. The minimum atomic E-state index is -0.245. The number of hydrogen-bond donors (Lipinski definition) is 2. The molecule has 0 aliphatic heterocycles. The van der Waals surface area contributed by atoms with Crippen molar-refractivity contribution in [3.8, 4) is 28.8 Å². The first kappa shape index (κ1) is 20.7. The van der Waals surface area contributed by atoms with Crippen molar-refractivity contribution in [2.24, 2.45) is 7.05 Å². The fraction of sp³-hybridized carbons (Fsp3) is 0.174. The number of hydrogen-bond acceptors (Lipinski definition) is 4. The van der Waals surface area contributed by atoms with Gasteiger partial charge in [0, 0.05) is 31.3 Å². The molecule has 0 atom stereocenters. The summed E-state index contributed by atoms with van der Waals surface area (Å²) in [5.74, 6) is 5.91. The standard InChI is InChI=1S/C23H22N4O3/c1-17(28)25-19-11-8-12-20(15-19)30-14-7-6-13-24-23(29)22-16-21(26-27(22)2)18-9-4-3-5-10-18/h3-5,8-12,15-16H,13-14H2,1-2H3,(H,24,29)(H,25,28).